The third kappa shape index (κ3) is 5.15. The minimum atomic E-state index is -0.309. The van der Waals surface area contributed by atoms with Gasteiger partial charge in [-0.15, -0.1) is 0 Å². The molecule has 3 aromatic carbocycles. The second-order valence-electron chi connectivity index (χ2n) is 7.39. The quantitative estimate of drug-likeness (QED) is 0.531. The van der Waals surface area contributed by atoms with Crippen LogP contribution < -0.4 is 15.0 Å². The molecule has 1 N–H and O–H groups in total. The van der Waals surface area contributed by atoms with Crippen LogP contribution in [0.5, 0.6) is 5.75 Å². The molecule has 0 unspecified atom stereocenters. The van der Waals surface area contributed by atoms with Crippen LogP contribution in [0.2, 0.25) is 5.02 Å². The van der Waals surface area contributed by atoms with Crippen molar-refractivity contribution in [3.63, 3.8) is 0 Å². The van der Waals surface area contributed by atoms with E-state index in [2.05, 4.69) is 5.32 Å². The zero-order valence-electron chi connectivity index (χ0n) is 17.2. The number of hydrogen-bond donors (Lipinski definition) is 1. The summed E-state index contributed by atoms with van der Waals surface area (Å²) in [6.45, 7) is 0.555. The maximum absolute atomic E-state index is 12.5. The van der Waals surface area contributed by atoms with Crippen LogP contribution in [-0.2, 0) is 9.59 Å². The van der Waals surface area contributed by atoms with Crippen LogP contribution in [0.25, 0.3) is 0 Å². The Labute approximate surface area is 190 Å². The molecule has 0 aromatic heterocycles. The van der Waals surface area contributed by atoms with Crippen LogP contribution in [0.1, 0.15) is 28.8 Å². The summed E-state index contributed by atoms with van der Waals surface area (Å²) in [7, 11) is 0. The second kappa shape index (κ2) is 9.66. The van der Waals surface area contributed by atoms with E-state index in [1.807, 2.05) is 12.1 Å². The number of carbonyl (C=O) groups excluding carboxylic acids is 3. The molecule has 3 aromatic rings. The Kier molecular flexibility index (Phi) is 6.52. The van der Waals surface area contributed by atoms with E-state index in [1.54, 1.807) is 65.6 Å². The fraction of sp³-hybridized carbons (Fsp3) is 0.160. The molecule has 32 heavy (non-hydrogen) atoms. The lowest BCUT2D eigenvalue weighted by Crippen LogP contribution is -2.23. The molecule has 0 bridgehead atoms. The molecule has 6 nitrogen and oxygen atoms in total. The number of rotatable bonds is 7. The monoisotopic (exact) mass is 448 g/mol. The van der Waals surface area contributed by atoms with Crippen molar-refractivity contribution < 1.29 is 19.1 Å². The van der Waals surface area contributed by atoms with Crippen molar-refractivity contribution >= 4 is 40.6 Å². The molecule has 4 rings (SSSR count). The number of halogens is 1. The first-order chi connectivity index (χ1) is 15.5. The summed E-state index contributed by atoms with van der Waals surface area (Å²) in [4.78, 5) is 38.3. The molecule has 1 aliphatic rings. The van der Waals surface area contributed by atoms with Crippen LogP contribution in [0.4, 0.5) is 11.4 Å². The number of ketones is 1. The molecule has 1 fully saturated rings. The number of hydrogen-bond acceptors (Lipinski definition) is 4. The van der Waals surface area contributed by atoms with E-state index in [4.69, 9.17) is 16.3 Å². The van der Waals surface area contributed by atoms with Gasteiger partial charge in [-0.05, 0) is 79.2 Å². The van der Waals surface area contributed by atoms with Gasteiger partial charge in [-0.3, -0.25) is 14.4 Å². The summed E-state index contributed by atoms with van der Waals surface area (Å²) in [5.74, 6) is 0.174. The molecule has 0 radical (unpaired) electrons. The van der Waals surface area contributed by atoms with Gasteiger partial charge >= 0.3 is 0 Å². The van der Waals surface area contributed by atoms with Gasteiger partial charge in [0.15, 0.2) is 12.4 Å². The van der Waals surface area contributed by atoms with Crippen molar-refractivity contribution in [3.05, 3.63) is 88.9 Å². The van der Waals surface area contributed by atoms with Crippen LogP contribution >= 0.6 is 11.6 Å². The van der Waals surface area contributed by atoms with Crippen molar-refractivity contribution in [2.45, 2.75) is 12.8 Å². The predicted octanol–water partition coefficient (Wildman–Crippen LogP) is 4.72. The average Bonchev–Trinajstić information content (AvgIpc) is 3.24. The Morgan fingerprint density at radius 1 is 0.906 bits per heavy atom. The Morgan fingerprint density at radius 2 is 1.53 bits per heavy atom. The Balaban J connectivity index is 1.29. The molecule has 0 aliphatic carbocycles. The summed E-state index contributed by atoms with van der Waals surface area (Å²) in [6.07, 6.45) is 1.44. The normalized spacial score (nSPS) is 13.2. The van der Waals surface area contributed by atoms with Crippen molar-refractivity contribution in [1.82, 2.24) is 0 Å². The van der Waals surface area contributed by atoms with Crippen LogP contribution in [0.3, 0.4) is 0 Å². The summed E-state index contributed by atoms with van der Waals surface area (Å²) >= 11 is 5.86. The topological polar surface area (TPSA) is 75.7 Å². The van der Waals surface area contributed by atoms with E-state index < -0.39 is 0 Å². The highest BCUT2D eigenvalue weighted by molar-refractivity contribution is 6.30. The molecule has 7 heteroatoms. The van der Waals surface area contributed by atoms with Gasteiger partial charge in [-0.25, -0.2) is 0 Å². The number of ether oxygens (including phenoxy) is 1. The van der Waals surface area contributed by atoms with Gasteiger partial charge in [0.2, 0.25) is 5.91 Å². The van der Waals surface area contributed by atoms with Crippen LogP contribution in [-0.4, -0.2) is 30.7 Å². The zero-order valence-corrected chi connectivity index (χ0v) is 18.0. The fourth-order valence-corrected chi connectivity index (χ4v) is 3.59. The number of carbonyl (C=O) groups is 3. The van der Waals surface area contributed by atoms with Crippen LogP contribution in [0.15, 0.2) is 72.8 Å². The Morgan fingerprint density at radius 3 is 2.12 bits per heavy atom. The third-order valence-corrected chi connectivity index (χ3v) is 5.38. The van der Waals surface area contributed by atoms with E-state index in [9.17, 15) is 14.4 Å². The van der Waals surface area contributed by atoms with Gasteiger partial charge < -0.3 is 15.0 Å². The zero-order chi connectivity index (χ0) is 22.5. The van der Waals surface area contributed by atoms with Crippen molar-refractivity contribution in [1.29, 1.82) is 0 Å². The van der Waals surface area contributed by atoms with E-state index in [0.29, 0.717) is 34.0 Å². The summed E-state index contributed by atoms with van der Waals surface area (Å²) in [5, 5.41) is 3.34. The first-order valence-electron chi connectivity index (χ1n) is 10.2. The first kappa shape index (κ1) is 21.6. The first-order valence-corrected chi connectivity index (χ1v) is 10.6. The lowest BCUT2D eigenvalue weighted by atomic mass is 10.0. The van der Waals surface area contributed by atoms with Crippen molar-refractivity contribution in [3.8, 4) is 5.75 Å². The number of anilines is 2. The van der Waals surface area contributed by atoms with E-state index in [0.717, 1.165) is 18.7 Å². The molecule has 0 spiro atoms. The maximum atomic E-state index is 12.5. The molecule has 0 atom stereocenters. The van der Waals surface area contributed by atoms with Gasteiger partial charge in [0, 0.05) is 40.5 Å². The second-order valence-corrected chi connectivity index (χ2v) is 7.83. The van der Waals surface area contributed by atoms with E-state index >= 15 is 0 Å². The van der Waals surface area contributed by atoms with Crippen LogP contribution in [0, 0.1) is 0 Å². The molecular formula is C25H21ClN2O4. The summed E-state index contributed by atoms with van der Waals surface area (Å²) in [6, 6.07) is 20.5. The Bertz CT molecular complexity index is 1130. The number of nitrogens with zero attached hydrogens (tertiary/aromatic N) is 1. The largest absolute Gasteiger partial charge is 0.484 e. The molecule has 1 aliphatic heterocycles. The van der Waals surface area contributed by atoms with Gasteiger partial charge in [-0.1, -0.05) is 11.6 Å². The SMILES string of the molecule is O=C(COc1ccc(C(=O)c2ccc(Cl)cc2)cc1)Nc1ccc(N2CCCC2=O)cc1. The standard InChI is InChI=1S/C25H21ClN2O4/c26-19-7-3-17(4-8-19)25(31)18-5-13-22(14-6-18)32-16-23(29)27-20-9-11-21(12-10-20)28-15-1-2-24(28)30/h3-14H,1-2,15-16H2,(H,27,29). The number of benzene rings is 3. The van der Waals surface area contributed by atoms with E-state index in [-0.39, 0.29) is 24.2 Å². The fourth-order valence-electron chi connectivity index (χ4n) is 3.46. The van der Waals surface area contributed by atoms with Crippen molar-refractivity contribution in [2.75, 3.05) is 23.4 Å². The molecule has 2 amide bonds. The Hall–Kier alpha value is -3.64. The highest BCUT2D eigenvalue weighted by atomic mass is 35.5. The third-order valence-electron chi connectivity index (χ3n) is 5.13. The van der Waals surface area contributed by atoms with Gasteiger partial charge in [0.1, 0.15) is 5.75 Å². The minimum Gasteiger partial charge on any atom is -0.484 e. The molecule has 0 saturated carbocycles. The minimum absolute atomic E-state index is 0.120. The lowest BCUT2D eigenvalue weighted by Gasteiger charge is -2.16. The lowest BCUT2D eigenvalue weighted by molar-refractivity contribution is -0.118. The average molecular weight is 449 g/mol. The number of amides is 2. The highest BCUT2D eigenvalue weighted by Gasteiger charge is 2.21. The summed E-state index contributed by atoms with van der Waals surface area (Å²) in [5.41, 5.74) is 2.51. The van der Waals surface area contributed by atoms with Gasteiger partial charge in [0.25, 0.3) is 5.91 Å². The highest BCUT2D eigenvalue weighted by Crippen LogP contribution is 2.23. The van der Waals surface area contributed by atoms with Crippen molar-refractivity contribution in [2.24, 2.45) is 0 Å². The number of nitrogens with one attached hydrogen (secondary N) is 1. The molecule has 162 valence electrons. The van der Waals surface area contributed by atoms with Gasteiger partial charge in [-0.2, -0.15) is 0 Å². The smallest absolute Gasteiger partial charge is 0.262 e. The summed E-state index contributed by atoms with van der Waals surface area (Å²) < 4.78 is 5.52. The predicted molar refractivity (Wildman–Crippen MR) is 123 cm³/mol. The van der Waals surface area contributed by atoms with Gasteiger partial charge in [0.05, 0.1) is 0 Å². The maximum Gasteiger partial charge on any atom is 0.262 e. The molecule has 1 heterocycles. The molecule has 1 saturated heterocycles. The molecular weight excluding hydrogens is 428 g/mol. The van der Waals surface area contributed by atoms with E-state index in [1.165, 1.54) is 0 Å².